The largest absolute Gasteiger partial charge is 0.496 e. The monoisotopic (exact) mass is 329 g/mol. The maximum Gasteiger partial charge on any atom is 0.224 e. The number of aryl methyl sites for hydroxylation is 1. The summed E-state index contributed by atoms with van der Waals surface area (Å²) in [5.41, 5.74) is 2.61. The average Bonchev–Trinajstić information content (AvgIpc) is 2.59. The summed E-state index contributed by atoms with van der Waals surface area (Å²) in [5, 5.41) is 2.90. The fourth-order valence-electron chi connectivity index (χ4n) is 2.55. The predicted octanol–water partition coefficient (Wildman–Crippen LogP) is 3.59. The Labute approximate surface area is 142 Å². The highest BCUT2D eigenvalue weighted by Gasteiger charge is 2.13. The second kappa shape index (κ2) is 8.24. The molecule has 2 aromatic rings. The SMILES string of the molecule is COc1ccc(C)cc1NC(=O)CCc1c(OC)cccc1OC. The molecule has 0 unspecified atom stereocenters. The number of hydrogen-bond acceptors (Lipinski definition) is 4. The maximum absolute atomic E-state index is 12.3. The Morgan fingerprint density at radius 3 is 2.17 bits per heavy atom. The molecule has 0 aliphatic heterocycles. The summed E-state index contributed by atoms with van der Waals surface area (Å²) in [6.07, 6.45) is 0.834. The molecule has 2 aromatic carbocycles. The van der Waals surface area contributed by atoms with Crippen molar-refractivity contribution >= 4 is 11.6 Å². The molecule has 0 aliphatic carbocycles. The molecule has 24 heavy (non-hydrogen) atoms. The minimum atomic E-state index is -0.0909. The van der Waals surface area contributed by atoms with Crippen LogP contribution in [0.1, 0.15) is 17.5 Å². The zero-order valence-corrected chi connectivity index (χ0v) is 14.5. The highest BCUT2D eigenvalue weighted by Crippen LogP contribution is 2.30. The molecule has 0 spiro atoms. The van der Waals surface area contributed by atoms with E-state index in [4.69, 9.17) is 14.2 Å². The topological polar surface area (TPSA) is 56.8 Å². The smallest absolute Gasteiger partial charge is 0.224 e. The van der Waals surface area contributed by atoms with Gasteiger partial charge in [-0.15, -0.1) is 0 Å². The molecule has 2 rings (SSSR count). The number of carbonyl (C=O) groups is 1. The van der Waals surface area contributed by atoms with Gasteiger partial charge in [0.15, 0.2) is 0 Å². The summed E-state index contributed by atoms with van der Waals surface area (Å²) in [6, 6.07) is 11.3. The quantitative estimate of drug-likeness (QED) is 0.843. The van der Waals surface area contributed by atoms with Crippen molar-refractivity contribution < 1.29 is 19.0 Å². The molecule has 5 heteroatoms. The van der Waals surface area contributed by atoms with Gasteiger partial charge in [0.1, 0.15) is 17.2 Å². The lowest BCUT2D eigenvalue weighted by Gasteiger charge is -2.14. The zero-order chi connectivity index (χ0) is 17.5. The number of rotatable bonds is 7. The van der Waals surface area contributed by atoms with Gasteiger partial charge in [-0.2, -0.15) is 0 Å². The van der Waals surface area contributed by atoms with E-state index in [-0.39, 0.29) is 5.91 Å². The lowest BCUT2D eigenvalue weighted by molar-refractivity contribution is -0.116. The minimum absolute atomic E-state index is 0.0909. The van der Waals surface area contributed by atoms with E-state index in [2.05, 4.69) is 5.32 Å². The molecule has 0 heterocycles. The molecule has 0 fully saturated rings. The predicted molar refractivity (Wildman–Crippen MR) is 94.2 cm³/mol. The van der Waals surface area contributed by atoms with Gasteiger partial charge in [0, 0.05) is 12.0 Å². The zero-order valence-electron chi connectivity index (χ0n) is 14.5. The Balaban J connectivity index is 2.08. The number of amides is 1. The summed E-state index contributed by atoms with van der Waals surface area (Å²) in [7, 11) is 4.80. The molecule has 0 bridgehead atoms. The summed E-state index contributed by atoms with van der Waals surface area (Å²) in [5.74, 6) is 1.99. The second-order valence-corrected chi connectivity index (χ2v) is 5.39. The van der Waals surface area contributed by atoms with E-state index in [9.17, 15) is 4.79 Å². The van der Waals surface area contributed by atoms with Crippen molar-refractivity contribution in [1.29, 1.82) is 0 Å². The van der Waals surface area contributed by atoms with Crippen LogP contribution in [0.2, 0.25) is 0 Å². The van der Waals surface area contributed by atoms with E-state index in [1.54, 1.807) is 21.3 Å². The second-order valence-electron chi connectivity index (χ2n) is 5.39. The number of benzene rings is 2. The molecule has 0 aliphatic rings. The number of nitrogens with one attached hydrogen (secondary N) is 1. The van der Waals surface area contributed by atoms with Crippen LogP contribution in [-0.2, 0) is 11.2 Å². The van der Waals surface area contributed by atoms with Crippen LogP contribution in [0.15, 0.2) is 36.4 Å². The Morgan fingerprint density at radius 1 is 0.958 bits per heavy atom. The van der Waals surface area contributed by atoms with E-state index in [1.165, 1.54) is 0 Å². The maximum atomic E-state index is 12.3. The van der Waals surface area contributed by atoms with Crippen LogP contribution in [0.5, 0.6) is 17.2 Å². The lowest BCUT2D eigenvalue weighted by atomic mass is 10.1. The van der Waals surface area contributed by atoms with Crippen molar-refractivity contribution in [2.75, 3.05) is 26.6 Å². The Hall–Kier alpha value is -2.69. The van der Waals surface area contributed by atoms with E-state index in [0.29, 0.717) is 24.3 Å². The van der Waals surface area contributed by atoms with Gasteiger partial charge < -0.3 is 19.5 Å². The van der Waals surface area contributed by atoms with Crippen molar-refractivity contribution in [1.82, 2.24) is 0 Å². The fraction of sp³-hybridized carbons (Fsp3) is 0.316. The van der Waals surface area contributed by atoms with E-state index in [0.717, 1.165) is 22.6 Å². The van der Waals surface area contributed by atoms with E-state index < -0.39 is 0 Å². The van der Waals surface area contributed by atoms with Gasteiger partial charge in [-0.1, -0.05) is 12.1 Å². The Bertz CT molecular complexity index is 690. The van der Waals surface area contributed by atoms with Crippen LogP contribution in [0.25, 0.3) is 0 Å². The molecule has 1 N–H and O–H groups in total. The van der Waals surface area contributed by atoms with Crippen LogP contribution in [0.4, 0.5) is 5.69 Å². The van der Waals surface area contributed by atoms with Crippen molar-refractivity contribution in [3.8, 4) is 17.2 Å². The van der Waals surface area contributed by atoms with Gasteiger partial charge in [0.05, 0.1) is 27.0 Å². The molecular weight excluding hydrogens is 306 g/mol. The highest BCUT2D eigenvalue weighted by atomic mass is 16.5. The number of methoxy groups -OCH3 is 3. The lowest BCUT2D eigenvalue weighted by Crippen LogP contribution is -2.13. The molecule has 0 saturated carbocycles. The van der Waals surface area contributed by atoms with Crippen LogP contribution in [0.3, 0.4) is 0 Å². The van der Waals surface area contributed by atoms with Gasteiger partial charge in [-0.25, -0.2) is 0 Å². The first-order chi connectivity index (χ1) is 11.6. The number of ether oxygens (including phenoxy) is 3. The third-order valence-corrected chi connectivity index (χ3v) is 3.76. The van der Waals surface area contributed by atoms with Crippen molar-refractivity contribution in [3.05, 3.63) is 47.5 Å². The van der Waals surface area contributed by atoms with Crippen LogP contribution in [-0.4, -0.2) is 27.2 Å². The molecule has 0 aromatic heterocycles. The standard InChI is InChI=1S/C19H23NO4/c1-13-8-10-18(24-4)15(12-13)20-19(21)11-9-14-16(22-2)6-5-7-17(14)23-3/h5-8,10,12H,9,11H2,1-4H3,(H,20,21). The summed E-state index contributed by atoms with van der Waals surface area (Å²) in [4.78, 5) is 12.3. The summed E-state index contributed by atoms with van der Waals surface area (Å²) >= 11 is 0. The molecule has 0 radical (unpaired) electrons. The van der Waals surface area contributed by atoms with Crippen molar-refractivity contribution in [2.45, 2.75) is 19.8 Å². The van der Waals surface area contributed by atoms with Gasteiger partial charge in [0.25, 0.3) is 0 Å². The third kappa shape index (κ3) is 4.19. The molecule has 5 nitrogen and oxygen atoms in total. The van der Waals surface area contributed by atoms with Crippen LogP contribution in [0, 0.1) is 6.92 Å². The van der Waals surface area contributed by atoms with Crippen LogP contribution >= 0.6 is 0 Å². The molecule has 0 saturated heterocycles. The van der Waals surface area contributed by atoms with Crippen molar-refractivity contribution in [2.24, 2.45) is 0 Å². The average molecular weight is 329 g/mol. The molecule has 1 amide bonds. The van der Waals surface area contributed by atoms with E-state index >= 15 is 0 Å². The number of hydrogen-bond donors (Lipinski definition) is 1. The van der Waals surface area contributed by atoms with Gasteiger partial charge >= 0.3 is 0 Å². The third-order valence-electron chi connectivity index (χ3n) is 3.76. The van der Waals surface area contributed by atoms with Crippen LogP contribution < -0.4 is 19.5 Å². The van der Waals surface area contributed by atoms with Crippen molar-refractivity contribution in [3.63, 3.8) is 0 Å². The minimum Gasteiger partial charge on any atom is -0.496 e. The highest BCUT2D eigenvalue weighted by molar-refractivity contribution is 5.92. The molecule has 128 valence electrons. The summed E-state index contributed by atoms with van der Waals surface area (Å²) < 4.78 is 16.0. The first kappa shape index (κ1) is 17.7. The Morgan fingerprint density at radius 2 is 1.58 bits per heavy atom. The van der Waals surface area contributed by atoms with Gasteiger partial charge in [-0.3, -0.25) is 4.79 Å². The first-order valence-electron chi connectivity index (χ1n) is 7.73. The van der Waals surface area contributed by atoms with Gasteiger partial charge in [0.2, 0.25) is 5.91 Å². The molecular formula is C19H23NO4. The Kier molecular flexibility index (Phi) is 6.07. The first-order valence-corrected chi connectivity index (χ1v) is 7.73. The summed E-state index contributed by atoms with van der Waals surface area (Å²) in [6.45, 7) is 1.97. The number of anilines is 1. The normalized spacial score (nSPS) is 10.2. The fourth-order valence-corrected chi connectivity index (χ4v) is 2.55. The van der Waals surface area contributed by atoms with E-state index in [1.807, 2.05) is 43.3 Å². The number of carbonyl (C=O) groups excluding carboxylic acids is 1. The molecule has 0 atom stereocenters. The van der Waals surface area contributed by atoms with Gasteiger partial charge in [-0.05, 0) is 43.2 Å².